The number of thioether (sulfide) groups is 2. The van der Waals surface area contributed by atoms with E-state index in [1.54, 1.807) is 23.9 Å². The summed E-state index contributed by atoms with van der Waals surface area (Å²) in [5, 5.41) is 8.35. The van der Waals surface area contributed by atoms with E-state index in [-0.39, 0.29) is 23.5 Å². The van der Waals surface area contributed by atoms with Crippen molar-refractivity contribution in [2.45, 2.75) is 16.2 Å². The van der Waals surface area contributed by atoms with E-state index in [9.17, 15) is 9.18 Å². The Morgan fingerprint density at radius 1 is 1.03 bits per heavy atom. The Hall–Kier alpha value is -3.10. The molecule has 3 aromatic carbocycles. The minimum absolute atomic E-state index is 0.0295. The number of amides is 1. The number of hydrogen-bond acceptors (Lipinski definition) is 6. The van der Waals surface area contributed by atoms with Gasteiger partial charge < -0.3 is 9.32 Å². The normalized spacial score (nSPS) is 15.4. The summed E-state index contributed by atoms with van der Waals surface area (Å²) in [4.78, 5) is 16.4. The highest BCUT2D eigenvalue weighted by atomic mass is 32.2. The van der Waals surface area contributed by atoms with Crippen LogP contribution in [0.4, 0.5) is 10.1 Å². The molecule has 1 unspecified atom stereocenters. The second kappa shape index (κ2) is 9.18. The van der Waals surface area contributed by atoms with E-state index in [1.807, 2.05) is 47.4 Å². The summed E-state index contributed by atoms with van der Waals surface area (Å²) >= 11 is 2.96. The summed E-state index contributed by atoms with van der Waals surface area (Å²) in [5.74, 6) is 0.876. The fourth-order valence-electron chi connectivity index (χ4n) is 3.59. The van der Waals surface area contributed by atoms with Crippen molar-refractivity contribution < 1.29 is 13.6 Å². The first kappa shape index (κ1) is 20.8. The van der Waals surface area contributed by atoms with Gasteiger partial charge in [0.05, 0.1) is 17.5 Å². The number of fused-ring (bicyclic) bond motifs is 1. The van der Waals surface area contributed by atoms with Crippen LogP contribution in [0.3, 0.4) is 0 Å². The van der Waals surface area contributed by atoms with E-state index in [1.165, 1.54) is 23.9 Å². The predicted molar refractivity (Wildman–Crippen MR) is 124 cm³/mol. The minimum atomic E-state index is -0.332. The highest BCUT2D eigenvalue weighted by molar-refractivity contribution is 8.00. The number of halogens is 1. The fraction of sp³-hybridized carbons (Fsp3) is 0.125. The van der Waals surface area contributed by atoms with Gasteiger partial charge in [0.1, 0.15) is 5.82 Å². The van der Waals surface area contributed by atoms with Crippen LogP contribution in [0.5, 0.6) is 0 Å². The van der Waals surface area contributed by atoms with Gasteiger partial charge in [-0.3, -0.25) is 4.79 Å². The smallest absolute Gasteiger partial charge is 0.277 e. The molecule has 32 heavy (non-hydrogen) atoms. The summed E-state index contributed by atoms with van der Waals surface area (Å²) in [6.45, 7) is 0. The third kappa shape index (κ3) is 4.28. The number of carbonyl (C=O) groups is 1. The van der Waals surface area contributed by atoms with Crippen molar-refractivity contribution >= 4 is 35.1 Å². The summed E-state index contributed by atoms with van der Waals surface area (Å²) in [6, 6.07) is 23.8. The molecule has 4 aromatic rings. The maximum Gasteiger partial charge on any atom is 0.277 e. The van der Waals surface area contributed by atoms with Crippen LogP contribution in [0.2, 0.25) is 0 Å². The summed E-state index contributed by atoms with van der Waals surface area (Å²) in [7, 11) is 0. The van der Waals surface area contributed by atoms with E-state index in [0.29, 0.717) is 16.7 Å². The number of hydrogen-bond donors (Lipinski definition) is 0. The van der Waals surface area contributed by atoms with Crippen molar-refractivity contribution in [3.63, 3.8) is 0 Å². The lowest BCUT2D eigenvalue weighted by molar-refractivity contribution is -0.116. The van der Waals surface area contributed by atoms with Gasteiger partial charge in [-0.2, -0.15) is 0 Å². The molecule has 5 rings (SSSR count). The van der Waals surface area contributed by atoms with Crippen molar-refractivity contribution in [2.24, 2.45) is 0 Å². The Bertz CT molecular complexity index is 1230. The maximum absolute atomic E-state index is 13.4. The molecule has 0 N–H and O–H groups in total. The van der Waals surface area contributed by atoms with Crippen LogP contribution in [0.1, 0.15) is 11.6 Å². The monoisotopic (exact) mass is 463 g/mol. The summed E-state index contributed by atoms with van der Waals surface area (Å²) in [6.07, 6.45) is 0. The van der Waals surface area contributed by atoms with Crippen LogP contribution < -0.4 is 4.90 Å². The van der Waals surface area contributed by atoms with Gasteiger partial charge in [0, 0.05) is 16.2 Å². The van der Waals surface area contributed by atoms with Crippen molar-refractivity contribution in [3.8, 4) is 11.5 Å². The van der Waals surface area contributed by atoms with Gasteiger partial charge in [0.15, 0.2) is 0 Å². The van der Waals surface area contributed by atoms with Crippen LogP contribution >= 0.6 is 23.5 Å². The molecule has 8 heteroatoms. The van der Waals surface area contributed by atoms with Crippen molar-refractivity contribution in [2.75, 3.05) is 16.4 Å². The molecule has 1 amide bonds. The molecule has 1 aliphatic rings. The number of carbonyl (C=O) groups excluding carboxylic acids is 1. The van der Waals surface area contributed by atoms with E-state index in [2.05, 4.69) is 22.3 Å². The van der Waals surface area contributed by atoms with Gasteiger partial charge in [-0.05, 0) is 42.0 Å². The lowest BCUT2D eigenvalue weighted by atomic mass is 10.1. The molecule has 5 nitrogen and oxygen atoms in total. The van der Waals surface area contributed by atoms with E-state index in [4.69, 9.17) is 4.42 Å². The minimum Gasteiger partial charge on any atom is -0.411 e. The van der Waals surface area contributed by atoms with Gasteiger partial charge in [0.25, 0.3) is 5.22 Å². The van der Waals surface area contributed by atoms with Gasteiger partial charge in [-0.25, -0.2) is 4.39 Å². The fourth-order valence-corrected chi connectivity index (χ4v) is 5.38. The van der Waals surface area contributed by atoms with Gasteiger partial charge in [0.2, 0.25) is 11.8 Å². The van der Waals surface area contributed by atoms with E-state index >= 15 is 0 Å². The largest absolute Gasteiger partial charge is 0.411 e. The number of nitrogens with zero attached hydrogens (tertiary/aromatic N) is 3. The SMILES string of the molecule is O=C(CSc1nnc(-c2ccc(F)cc2)o1)N1c2ccccc2SCC1c1ccccc1. The third-order valence-corrected chi connectivity index (χ3v) is 7.04. The van der Waals surface area contributed by atoms with Crippen molar-refractivity contribution in [3.05, 3.63) is 90.2 Å². The van der Waals surface area contributed by atoms with Crippen molar-refractivity contribution in [1.29, 1.82) is 0 Å². The first-order valence-corrected chi connectivity index (χ1v) is 12.0. The molecule has 0 radical (unpaired) electrons. The second-order valence-corrected chi connectivity index (χ2v) is 9.13. The first-order chi connectivity index (χ1) is 15.7. The van der Waals surface area contributed by atoms with Crippen LogP contribution in [-0.4, -0.2) is 27.6 Å². The number of benzene rings is 3. The molecular formula is C24H18FN3O2S2. The zero-order chi connectivity index (χ0) is 21.9. The Labute approximate surface area is 193 Å². The van der Waals surface area contributed by atoms with Crippen LogP contribution in [0, 0.1) is 5.82 Å². The summed E-state index contributed by atoms with van der Waals surface area (Å²) < 4.78 is 18.8. The Morgan fingerprint density at radius 3 is 2.59 bits per heavy atom. The molecule has 1 aromatic heterocycles. The molecular weight excluding hydrogens is 445 g/mol. The molecule has 0 saturated heterocycles. The second-order valence-electron chi connectivity index (χ2n) is 7.14. The average Bonchev–Trinajstić information content (AvgIpc) is 3.32. The molecule has 0 aliphatic carbocycles. The average molecular weight is 464 g/mol. The molecule has 1 atom stereocenters. The van der Waals surface area contributed by atoms with E-state index < -0.39 is 0 Å². The zero-order valence-electron chi connectivity index (χ0n) is 16.8. The Balaban J connectivity index is 1.36. The zero-order valence-corrected chi connectivity index (χ0v) is 18.5. The molecule has 2 heterocycles. The standard InChI is InChI=1S/C24H18FN3O2S2/c25-18-12-10-17(11-13-18)23-26-27-24(30-23)32-15-22(29)28-19-8-4-5-9-21(19)31-14-20(28)16-6-2-1-3-7-16/h1-13,20H,14-15H2. The molecule has 0 spiro atoms. The van der Waals surface area contributed by atoms with Gasteiger partial charge in [-0.1, -0.05) is 54.2 Å². The van der Waals surface area contributed by atoms with Gasteiger partial charge >= 0.3 is 0 Å². The molecule has 1 aliphatic heterocycles. The van der Waals surface area contributed by atoms with Crippen LogP contribution in [-0.2, 0) is 4.79 Å². The lowest BCUT2D eigenvalue weighted by Gasteiger charge is -2.37. The van der Waals surface area contributed by atoms with Crippen molar-refractivity contribution in [1.82, 2.24) is 10.2 Å². The molecule has 160 valence electrons. The first-order valence-electron chi connectivity index (χ1n) is 10.00. The molecule has 0 bridgehead atoms. The molecule has 0 fully saturated rings. The number of para-hydroxylation sites is 1. The quantitative estimate of drug-likeness (QED) is 0.346. The molecule has 0 saturated carbocycles. The Kier molecular flexibility index (Phi) is 5.96. The number of aromatic nitrogens is 2. The van der Waals surface area contributed by atoms with E-state index in [0.717, 1.165) is 21.9 Å². The summed E-state index contributed by atoms with van der Waals surface area (Å²) in [5.41, 5.74) is 2.65. The Morgan fingerprint density at radius 2 is 1.78 bits per heavy atom. The number of rotatable bonds is 5. The predicted octanol–water partition coefficient (Wildman–Crippen LogP) is 5.85. The lowest BCUT2D eigenvalue weighted by Crippen LogP contribution is -2.39. The van der Waals surface area contributed by atoms with Crippen LogP contribution in [0.25, 0.3) is 11.5 Å². The highest BCUT2D eigenvalue weighted by Gasteiger charge is 2.32. The highest BCUT2D eigenvalue weighted by Crippen LogP contribution is 2.43. The third-order valence-electron chi connectivity index (χ3n) is 5.10. The topological polar surface area (TPSA) is 59.2 Å². The van der Waals surface area contributed by atoms with Crippen LogP contribution in [0.15, 0.2) is 93.4 Å². The number of anilines is 1. The maximum atomic E-state index is 13.4. The van der Waals surface area contributed by atoms with Gasteiger partial charge in [-0.15, -0.1) is 22.0 Å².